The van der Waals surface area contributed by atoms with Crippen LogP contribution in [0, 0.1) is 0 Å². The van der Waals surface area contributed by atoms with Gasteiger partial charge >= 0.3 is 19.8 Å². The van der Waals surface area contributed by atoms with Crippen molar-refractivity contribution in [2.75, 3.05) is 39.3 Å². The largest absolute Gasteiger partial charge is 3.00 e. The van der Waals surface area contributed by atoms with Crippen molar-refractivity contribution in [1.29, 1.82) is 0 Å². The standard InChI is InChI=1S/C25H47N6O8.Ga/c1-21(32)29(37)18-9-3-6-16-27-22(33)12-14-25(36)31(39)20-10-4-7-17-28-23(34)11-13-24(35)30(38)19-8-2-5-15-26;/h26,37-39H,2-20H2,1H3,(H,27,33)(H,28,34);/q-1;+3/p-2. The van der Waals surface area contributed by atoms with Gasteiger partial charge in [-0.15, -0.1) is 0 Å². The second-order valence-electron chi connectivity index (χ2n) is 9.16. The Morgan fingerprint density at radius 3 is 1.38 bits per heavy atom. The average Bonchev–Trinajstić information content (AvgIpc) is 2.91. The van der Waals surface area contributed by atoms with Crippen molar-refractivity contribution in [2.24, 2.45) is 9.98 Å². The Morgan fingerprint density at radius 1 is 0.625 bits per heavy atom. The number of aliphatic imine (C=N–C) groups is 2. The number of nitrogens with zero attached hydrogens (tertiary/aromatic N) is 5. The molecule has 14 nitrogen and oxygen atoms in total. The molecule has 0 bridgehead atoms. The molecule has 40 heavy (non-hydrogen) atoms. The van der Waals surface area contributed by atoms with Gasteiger partial charge in [0.05, 0.1) is 0 Å². The predicted octanol–water partition coefficient (Wildman–Crippen LogP) is 0.920. The van der Waals surface area contributed by atoms with Crippen molar-refractivity contribution in [3.63, 3.8) is 0 Å². The maximum atomic E-state index is 12.0. The number of amides is 3. The Balaban J connectivity index is 0. The first kappa shape index (κ1) is 40.0. The summed E-state index contributed by atoms with van der Waals surface area (Å²) in [6.07, 6.45) is 5.13. The van der Waals surface area contributed by atoms with Crippen LogP contribution in [-0.4, -0.2) is 119 Å². The van der Waals surface area contributed by atoms with Gasteiger partial charge in [-0.25, -0.2) is 15.2 Å². The number of hydrogen-bond acceptors (Lipinski definition) is 10. The van der Waals surface area contributed by atoms with E-state index in [1.165, 1.54) is 6.92 Å². The molecule has 0 aliphatic rings. The molecule has 15 heteroatoms. The molecule has 0 aromatic heterocycles. The number of carbonyl (C=O) groups is 3. The minimum absolute atomic E-state index is 0. The molecule has 0 aromatic rings. The molecule has 0 saturated heterocycles. The summed E-state index contributed by atoms with van der Waals surface area (Å²) >= 11 is 0. The summed E-state index contributed by atoms with van der Waals surface area (Å²) in [5.74, 6) is -2.40. The molecule has 0 aromatic carbocycles. The number of unbranched alkanes of at least 4 members (excludes halogenated alkanes) is 6. The Kier molecular flexibility index (Phi) is 25.8. The topological polar surface area (TPSA) is 216 Å². The van der Waals surface area contributed by atoms with E-state index < -0.39 is 29.5 Å². The molecule has 0 unspecified atom stereocenters. The fraction of sp³-hybridized carbons (Fsp3) is 0.800. The smallest absolute Gasteiger partial charge is 0.862 e. The van der Waals surface area contributed by atoms with Crippen LogP contribution in [0.4, 0.5) is 0 Å². The van der Waals surface area contributed by atoms with Crippen molar-refractivity contribution in [3.8, 4) is 0 Å². The molecule has 0 rings (SSSR count). The number of hydrogen-bond donors (Lipinski definition) is 3. The van der Waals surface area contributed by atoms with E-state index in [2.05, 4.69) is 9.98 Å². The SMILES string of the molecule is CC(=O)N(O)CCCCCN=C([O-])CCC(=O)N(O)CCCCCN=C([O-])CCC(=O)N(O)CCCCC[NH-].[Ga+3]. The summed E-state index contributed by atoms with van der Waals surface area (Å²) in [6.45, 7) is 2.61. The molecule has 0 fully saturated rings. The first-order valence-corrected chi connectivity index (χ1v) is 13.6. The van der Waals surface area contributed by atoms with Gasteiger partial charge < -0.3 is 25.9 Å². The van der Waals surface area contributed by atoms with Gasteiger partial charge in [0.1, 0.15) is 0 Å². The fourth-order valence-corrected chi connectivity index (χ4v) is 3.32. The van der Waals surface area contributed by atoms with E-state index >= 15 is 0 Å². The van der Waals surface area contributed by atoms with E-state index in [9.17, 15) is 40.2 Å². The molecule has 0 radical (unpaired) electrons. The molecule has 0 atom stereocenters. The van der Waals surface area contributed by atoms with Gasteiger partial charge in [0.15, 0.2) is 0 Å². The van der Waals surface area contributed by atoms with Crippen molar-refractivity contribution in [3.05, 3.63) is 5.73 Å². The Hall–Kier alpha value is -2.17. The number of rotatable bonds is 23. The van der Waals surface area contributed by atoms with Gasteiger partial charge in [0, 0.05) is 52.5 Å². The van der Waals surface area contributed by atoms with Gasteiger partial charge in [0.25, 0.3) is 0 Å². The van der Waals surface area contributed by atoms with Crippen LogP contribution in [0.1, 0.15) is 90.4 Å². The summed E-state index contributed by atoms with van der Waals surface area (Å²) in [5.41, 5.74) is 7.05. The zero-order valence-electron chi connectivity index (χ0n) is 23.6. The van der Waals surface area contributed by atoms with E-state index in [1.54, 1.807) is 0 Å². The first-order valence-electron chi connectivity index (χ1n) is 13.6. The van der Waals surface area contributed by atoms with Crippen LogP contribution in [0.2, 0.25) is 0 Å². The maximum Gasteiger partial charge on any atom is 3.00 e. The Bertz CT molecular complexity index is 772. The molecule has 0 spiro atoms. The molecule has 226 valence electrons. The zero-order valence-corrected chi connectivity index (χ0v) is 26.1. The van der Waals surface area contributed by atoms with Crippen molar-refractivity contribution < 1.29 is 40.2 Å². The average molecular weight is 627 g/mol. The van der Waals surface area contributed by atoms with Crippen LogP contribution < -0.4 is 10.2 Å². The summed E-state index contributed by atoms with van der Waals surface area (Å²) in [4.78, 5) is 42.3. The predicted molar refractivity (Wildman–Crippen MR) is 146 cm³/mol. The summed E-state index contributed by atoms with van der Waals surface area (Å²) in [6, 6.07) is 0. The van der Waals surface area contributed by atoms with Gasteiger partial charge in [-0.2, -0.15) is 6.54 Å². The number of nitrogens with one attached hydrogen (secondary N) is 1. The molecule has 4 N–H and O–H groups in total. The van der Waals surface area contributed by atoms with E-state index in [1.807, 2.05) is 0 Å². The van der Waals surface area contributed by atoms with E-state index in [0.29, 0.717) is 79.6 Å². The number of hydroxylamine groups is 6. The van der Waals surface area contributed by atoms with Gasteiger partial charge in [-0.3, -0.25) is 30.0 Å². The maximum absolute atomic E-state index is 12.0. The molecule has 0 aliphatic carbocycles. The third kappa shape index (κ3) is 22.6. The Morgan fingerprint density at radius 2 is 1.00 bits per heavy atom. The van der Waals surface area contributed by atoms with Crippen LogP contribution in [0.25, 0.3) is 5.73 Å². The van der Waals surface area contributed by atoms with Crippen LogP contribution in [0.3, 0.4) is 0 Å². The normalized spacial score (nSPS) is 11.6. The van der Waals surface area contributed by atoms with Gasteiger partial charge in [-0.05, 0) is 69.6 Å². The third-order valence-electron chi connectivity index (χ3n) is 5.72. The van der Waals surface area contributed by atoms with Crippen LogP contribution in [0.5, 0.6) is 0 Å². The quantitative estimate of drug-likeness (QED) is 0.0369. The van der Waals surface area contributed by atoms with Gasteiger partial charge in [0.2, 0.25) is 17.7 Å². The van der Waals surface area contributed by atoms with Crippen LogP contribution in [-0.2, 0) is 14.4 Å². The van der Waals surface area contributed by atoms with E-state index in [0.717, 1.165) is 6.42 Å². The molecule has 0 saturated carbocycles. The first-order chi connectivity index (χ1) is 18.6. The third-order valence-corrected chi connectivity index (χ3v) is 5.72. The van der Waals surface area contributed by atoms with E-state index in [-0.39, 0.29) is 71.7 Å². The summed E-state index contributed by atoms with van der Waals surface area (Å²) in [7, 11) is 0. The molecular weight excluding hydrogens is 582 g/mol. The van der Waals surface area contributed by atoms with Crippen LogP contribution in [0.15, 0.2) is 9.98 Å². The zero-order chi connectivity index (χ0) is 29.5. The minimum Gasteiger partial charge on any atom is -0.862 e. The summed E-state index contributed by atoms with van der Waals surface area (Å²) in [5, 5.41) is 54.1. The second-order valence-corrected chi connectivity index (χ2v) is 9.16. The second kappa shape index (κ2) is 25.8. The monoisotopic (exact) mass is 626 g/mol. The van der Waals surface area contributed by atoms with Crippen LogP contribution >= 0.6 is 0 Å². The minimum atomic E-state index is -0.579. The van der Waals surface area contributed by atoms with Gasteiger partial charge in [-0.1, -0.05) is 12.8 Å². The van der Waals surface area contributed by atoms with Crippen molar-refractivity contribution in [1.82, 2.24) is 15.2 Å². The molecule has 0 heterocycles. The van der Waals surface area contributed by atoms with Crippen molar-refractivity contribution in [2.45, 2.75) is 90.4 Å². The number of carbonyl (C=O) groups excluding carboxylic acids is 3. The molecular formula is C25H45GaN6O8. The van der Waals surface area contributed by atoms with E-state index in [4.69, 9.17) is 5.73 Å². The fourth-order valence-electron chi connectivity index (χ4n) is 3.32. The van der Waals surface area contributed by atoms with Crippen molar-refractivity contribution >= 4 is 49.3 Å². The Labute approximate surface area is 249 Å². The summed E-state index contributed by atoms with van der Waals surface area (Å²) < 4.78 is 0. The molecule has 0 aliphatic heterocycles. The molecule has 3 amide bonds.